The second-order valence-corrected chi connectivity index (χ2v) is 5.70. The fourth-order valence-corrected chi connectivity index (χ4v) is 2.31. The standard InChI is InChI=1S/C16H15Cl2N3OS/c1-19-16(23)21-20-9-11-5-2-3-8-15(11)22-10-12-13(17)6-4-7-14(12)18/h2-9H,10H2,1H3,(H2,19,21,23)/b20-9+. The molecule has 2 aromatic rings. The van der Waals surface area contributed by atoms with Gasteiger partial charge in [0.1, 0.15) is 12.4 Å². The molecule has 2 aromatic carbocycles. The fraction of sp³-hybridized carbons (Fsp3) is 0.125. The molecule has 0 bridgehead atoms. The largest absolute Gasteiger partial charge is 0.488 e. The number of rotatable bonds is 5. The van der Waals surface area contributed by atoms with Crippen LogP contribution in [0.25, 0.3) is 0 Å². The molecule has 0 amide bonds. The summed E-state index contributed by atoms with van der Waals surface area (Å²) in [4.78, 5) is 0. The van der Waals surface area contributed by atoms with E-state index >= 15 is 0 Å². The molecule has 0 heterocycles. The number of para-hydroxylation sites is 1. The Morgan fingerprint density at radius 2 is 1.87 bits per heavy atom. The lowest BCUT2D eigenvalue weighted by Crippen LogP contribution is -2.28. The third kappa shape index (κ3) is 5.10. The van der Waals surface area contributed by atoms with Gasteiger partial charge in [-0.3, -0.25) is 5.43 Å². The Morgan fingerprint density at radius 3 is 2.57 bits per heavy atom. The van der Waals surface area contributed by atoms with Crippen LogP contribution in [0.1, 0.15) is 11.1 Å². The van der Waals surface area contributed by atoms with Crippen LogP contribution in [0.15, 0.2) is 47.6 Å². The predicted molar refractivity (Wildman–Crippen MR) is 99.6 cm³/mol. The third-order valence-corrected chi connectivity index (χ3v) is 3.95. The molecule has 0 radical (unpaired) electrons. The smallest absolute Gasteiger partial charge is 0.186 e. The van der Waals surface area contributed by atoms with Gasteiger partial charge in [-0.25, -0.2) is 0 Å². The van der Waals surface area contributed by atoms with Crippen molar-refractivity contribution >= 4 is 46.7 Å². The van der Waals surface area contributed by atoms with E-state index in [2.05, 4.69) is 15.8 Å². The van der Waals surface area contributed by atoms with E-state index in [9.17, 15) is 0 Å². The van der Waals surface area contributed by atoms with Gasteiger partial charge in [0, 0.05) is 28.2 Å². The zero-order chi connectivity index (χ0) is 16.7. The van der Waals surface area contributed by atoms with E-state index in [1.165, 1.54) is 0 Å². The van der Waals surface area contributed by atoms with Crippen LogP contribution in [-0.4, -0.2) is 18.4 Å². The van der Waals surface area contributed by atoms with Crippen LogP contribution < -0.4 is 15.5 Å². The van der Waals surface area contributed by atoms with Gasteiger partial charge in [-0.05, 0) is 36.5 Å². The summed E-state index contributed by atoms with van der Waals surface area (Å²) in [6, 6.07) is 12.9. The van der Waals surface area contributed by atoms with Crippen molar-refractivity contribution in [2.45, 2.75) is 6.61 Å². The summed E-state index contributed by atoms with van der Waals surface area (Å²) in [6.07, 6.45) is 1.63. The number of hydrogen-bond acceptors (Lipinski definition) is 3. The van der Waals surface area contributed by atoms with Crippen molar-refractivity contribution in [3.63, 3.8) is 0 Å². The van der Waals surface area contributed by atoms with Crippen molar-refractivity contribution in [1.82, 2.24) is 10.7 Å². The molecule has 23 heavy (non-hydrogen) atoms. The first-order valence-corrected chi connectivity index (χ1v) is 7.93. The van der Waals surface area contributed by atoms with Crippen LogP contribution in [0.2, 0.25) is 10.0 Å². The highest BCUT2D eigenvalue weighted by molar-refractivity contribution is 7.80. The average Bonchev–Trinajstić information content (AvgIpc) is 2.55. The summed E-state index contributed by atoms with van der Waals surface area (Å²) < 4.78 is 5.83. The highest BCUT2D eigenvalue weighted by Gasteiger charge is 2.07. The van der Waals surface area contributed by atoms with Gasteiger partial charge in [0.2, 0.25) is 0 Å². The second kappa shape index (κ2) is 8.72. The minimum Gasteiger partial charge on any atom is -0.488 e. The Kier molecular flexibility index (Phi) is 6.65. The lowest BCUT2D eigenvalue weighted by molar-refractivity contribution is 0.306. The van der Waals surface area contributed by atoms with Gasteiger partial charge in [0.25, 0.3) is 0 Å². The summed E-state index contributed by atoms with van der Waals surface area (Å²) in [5, 5.41) is 8.40. The normalized spacial score (nSPS) is 10.6. The molecule has 0 saturated carbocycles. The van der Waals surface area contributed by atoms with Gasteiger partial charge in [-0.15, -0.1) is 0 Å². The van der Waals surface area contributed by atoms with Crippen molar-refractivity contribution in [2.75, 3.05) is 7.05 Å². The predicted octanol–water partition coefficient (Wildman–Crippen LogP) is 4.00. The van der Waals surface area contributed by atoms with E-state index in [1.54, 1.807) is 31.5 Å². The number of thiocarbonyl (C=S) groups is 1. The monoisotopic (exact) mass is 367 g/mol. The van der Waals surface area contributed by atoms with Crippen LogP contribution in [0, 0.1) is 0 Å². The summed E-state index contributed by atoms with van der Waals surface area (Å²) in [6.45, 7) is 0.270. The zero-order valence-corrected chi connectivity index (χ0v) is 14.7. The minimum absolute atomic E-state index is 0.270. The minimum atomic E-state index is 0.270. The fourth-order valence-electron chi connectivity index (χ4n) is 1.76. The molecule has 120 valence electrons. The van der Waals surface area contributed by atoms with Gasteiger partial charge in [0.15, 0.2) is 5.11 Å². The van der Waals surface area contributed by atoms with Crippen LogP contribution >= 0.6 is 35.4 Å². The Labute approximate surface area is 150 Å². The summed E-state index contributed by atoms with van der Waals surface area (Å²) >= 11 is 17.2. The third-order valence-electron chi connectivity index (χ3n) is 2.95. The molecule has 2 N–H and O–H groups in total. The first kappa shape index (κ1) is 17.5. The van der Waals surface area contributed by atoms with E-state index in [0.717, 1.165) is 11.1 Å². The molecule has 4 nitrogen and oxygen atoms in total. The number of halogens is 2. The van der Waals surface area contributed by atoms with Gasteiger partial charge in [-0.1, -0.05) is 41.4 Å². The van der Waals surface area contributed by atoms with Crippen molar-refractivity contribution < 1.29 is 4.74 Å². The first-order valence-electron chi connectivity index (χ1n) is 6.77. The summed E-state index contributed by atoms with van der Waals surface area (Å²) in [5.41, 5.74) is 4.25. The number of nitrogens with one attached hydrogen (secondary N) is 2. The Hall–Kier alpha value is -1.82. The number of ether oxygens (including phenoxy) is 1. The Balaban J connectivity index is 2.10. The Morgan fingerprint density at radius 1 is 1.17 bits per heavy atom. The summed E-state index contributed by atoms with van der Waals surface area (Å²) in [5.74, 6) is 0.671. The SMILES string of the molecule is CNC(=S)N/N=C/c1ccccc1OCc1c(Cl)cccc1Cl. The lowest BCUT2D eigenvalue weighted by Gasteiger charge is -2.11. The molecule has 0 aromatic heterocycles. The van der Waals surface area contributed by atoms with Gasteiger partial charge in [-0.2, -0.15) is 5.10 Å². The highest BCUT2D eigenvalue weighted by Crippen LogP contribution is 2.26. The molecular weight excluding hydrogens is 353 g/mol. The molecule has 0 saturated heterocycles. The topological polar surface area (TPSA) is 45.7 Å². The average molecular weight is 368 g/mol. The van der Waals surface area contributed by atoms with Crippen molar-refractivity contribution in [3.05, 3.63) is 63.6 Å². The molecule has 0 fully saturated rings. The van der Waals surface area contributed by atoms with Crippen molar-refractivity contribution in [1.29, 1.82) is 0 Å². The molecule has 0 aliphatic heterocycles. The highest BCUT2D eigenvalue weighted by atomic mass is 35.5. The van der Waals surface area contributed by atoms with Gasteiger partial charge in [0.05, 0.1) is 6.21 Å². The van der Waals surface area contributed by atoms with Gasteiger partial charge >= 0.3 is 0 Å². The molecule has 0 spiro atoms. The second-order valence-electron chi connectivity index (χ2n) is 4.48. The number of hydrogen-bond donors (Lipinski definition) is 2. The maximum Gasteiger partial charge on any atom is 0.186 e. The number of benzene rings is 2. The molecule has 0 aliphatic rings. The quantitative estimate of drug-likeness (QED) is 0.476. The number of nitrogens with zero attached hydrogens (tertiary/aromatic N) is 1. The molecule has 0 atom stereocenters. The zero-order valence-electron chi connectivity index (χ0n) is 12.3. The molecule has 7 heteroatoms. The van der Waals surface area contributed by atoms with Crippen LogP contribution in [0.5, 0.6) is 5.75 Å². The van der Waals surface area contributed by atoms with Crippen LogP contribution in [0.3, 0.4) is 0 Å². The van der Waals surface area contributed by atoms with Gasteiger partial charge < -0.3 is 10.1 Å². The molecule has 0 unspecified atom stereocenters. The van der Waals surface area contributed by atoms with Crippen molar-refractivity contribution in [3.8, 4) is 5.75 Å². The maximum atomic E-state index is 6.15. The van der Waals surface area contributed by atoms with E-state index in [0.29, 0.717) is 20.9 Å². The number of hydrazone groups is 1. The maximum absolute atomic E-state index is 6.15. The van der Waals surface area contributed by atoms with Crippen LogP contribution in [0.4, 0.5) is 0 Å². The first-order chi connectivity index (χ1) is 11.1. The van der Waals surface area contributed by atoms with E-state index in [1.807, 2.05) is 24.3 Å². The van der Waals surface area contributed by atoms with Crippen LogP contribution in [-0.2, 0) is 6.61 Å². The lowest BCUT2D eigenvalue weighted by atomic mass is 10.2. The van der Waals surface area contributed by atoms with E-state index in [4.69, 9.17) is 40.2 Å². The van der Waals surface area contributed by atoms with E-state index < -0.39 is 0 Å². The van der Waals surface area contributed by atoms with Crippen molar-refractivity contribution in [2.24, 2.45) is 5.10 Å². The molecule has 0 aliphatic carbocycles. The Bertz CT molecular complexity index is 702. The van der Waals surface area contributed by atoms with E-state index in [-0.39, 0.29) is 6.61 Å². The molecular formula is C16H15Cl2N3OS. The molecule has 2 rings (SSSR count). The summed E-state index contributed by atoms with van der Waals surface area (Å²) in [7, 11) is 1.72.